The molecule has 0 radical (unpaired) electrons. The first-order chi connectivity index (χ1) is 13.4. The predicted molar refractivity (Wildman–Crippen MR) is 113 cm³/mol. The zero-order valence-electron chi connectivity index (χ0n) is 16.3. The number of carbonyl (C=O) groups is 2. The second-order valence-electron chi connectivity index (χ2n) is 6.63. The van der Waals surface area contributed by atoms with Gasteiger partial charge in [-0.3, -0.25) is 9.59 Å². The third-order valence-corrected chi connectivity index (χ3v) is 4.25. The lowest BCUT2D eigenvalue weighted by molar-refractivity contribution is 0.0936. The number of ether oxygens (including phenoxy) is 2. The van der Waals surface area contributed by atoms with Crippen molar-refractivity contribution in [3.05, 3.63) is 58.1 Å². The number of benzene rings is 2. The van der Waals surface area contributed by atoms with Crippen LogP contribution < -0.4 is 15.4 Å². The van der Waals surface area contributed by atoms with Crippen molar-refractivity contribution in [2.45, 2.75) is 13.8 Å². The summed E-state index contributed by atoms with van der Waals surface area (Å²) in [6.45, 7) is 5.51. The summed E-state index contributed by atoms with van der Waals surface area (Å²) in [4.78, 5) is 24.7. The highest BCUT2D eigenvalue weighted by Crippen LogP contribution is 2.25. The van der Waals surface area contributed by atoms with Crippen LogP contribution in [0.5, 0.6) is 5.75 Å². The number of amides is 2. The number of rotatable bonds is 9. The van der Waals surface area contributed by atoms with Gasteiger partial charge in [0.15, 0.2) is 0 Å². The topological polar surface area (TPSA) is 76.7 Å². The van der Waals surface area contributed by atoms with Crippen LogP contribution >= 0.6 is 15.9 Å². The van der Waals surface area contributed by atoms with E-state index in [2.05, 4.69) is 26.6 Å². The summed E-state index contributed by atoms with van der Waals surface area (Å²) in [5.41, 5.74) is 1.54. The summed E-state index contributed by atoms with van der Waals surface area (Å²) >= 11 is 3.39. The van der Waals surface area contributed by atoms with Crippen molar-refractivity contribution in [1.82, 2.24) is 5.32 Å². The molecule has 0 aromatic heterocycles. The van der Waals surface area contributed by atoms with Crippen molar-refractivity contribution in [1.29, 1.82) is 0 Å². The van der Waals surface area contributed by atoms with Gasteiger partial charge < -0.3 is 20.1 Å². The third kappa shape index (κ3) is 6.65. The second kappa shape index (κ2) is 10.8. The van der Waals surface area contributed by atoms with Crippen LogP contribution in [0, 0.1) is 5.92 Å². The van der Waals surface area contributed by atoms with Gasteiger partial charge >= 0.3 is 0 Å². The van der Waals surface area contributed by atoms with Gasteiger partial charge in [-0.05, 0) is 48.4 Å². The predicted octanol–water partition coefficient (Wildman–Crippen LogP) is 4.11. The van der Waals surface area contributed by atoms with Gasteiger partial charge in [-0.1, -0.05) is 29.8 Å². The zero-order chi connectivity index (χ0) is 20.5. The van der Waals surface area contributed by atoms with E-state index in [4.69, 9.17) is 9.47 Å². The standard InChI is InChI=1S/C21H25BrN2O4/c1-14(2)13-28-19-9-6-16(22)12-18(19)21(26)24-17-7-4-15(5-8-17)20(25)23-10-11-27-3/h4-9,12,14H,10-11,13H2,1-3H3,(H,23,25)(H,24,26). The van der Waals surface area contributed by atoms with Crippen LogP contribution in [-0.4, -0.2) is 38.7 Å². The van der Waals surface area contributed by atoms with Crippen molar-refractivity contribution in [3.63, 3.8) is 0 Å². The van der Waals surface area contributed by atoms with E-state index in [9.17, 15) is 9.59 Å². The highest BCUT2D eigenvalue weighted by molar-refractivity contribution is 9.10. The largest absolute Gasteiger partial charge is 0.492 e. The van der Waals surface area contributed by atoms with Gasteiger partial charge in [0, 0.05) is 29.4 Å². The Hall–Kier alpha value is -2.38. The Morgan fingerprint density at radius 3 is 2.43 bits per heavy atom. The van der Waals surface area contributed by atoms with E-state index in [1.165, 1.54) is 0 Å². The smallest absolute Gasteiger partial charge is 0.259 e. The number of methoxy groups -OCH3 is 1. The molecule has 0 saturated heterocycles. The number of halogens is 1. The van der Waals surface area contributed by atoms with Crippen LogP contribution in [0.25, 0.3) is 0 Å². The molecule has 2 aromatic rings. The van der Waals surface area contributed by atoms with Gasteiger partial charge in [0.05, 0.1) is 18.8 Å². The lowest BCUT2D eigenvalue weighted by Crippen LogP contribution is -2.26. The highest BCUT2D eigenvalue weighted by atomic mass is 79.9. The molecule has 28 heavy (non-hydrogen) atoms. The fourth-order valence-corrected chi connectivity index (χ4v) is 2.70. The summed E-state index contributed by atoms with van der Waals surface area (Å²) < 4.78 is 11.5. The van der Waals surface area contributed by atoms with Gasteiger partial charge in [0.1, 0.15) is 5.75 Å². The summed E-state index contributed by atoms with van der Waals surface area (Å²) in [7, 11) is 1.58. The van der Waals surface area contributed by atoms with Gasteiger partial charge in [-0.25, -0.2) is 0 Å². The molecule has 0 atom stereocenters. The molecule has 0 fully saturated rings. The molecule has 0 saturated carbocycles. The minimum atomic E-state index is -0.280. The molecule has 0 aliphatic heterocycles. The Kier molecular flexibility index (Phi) is 8.47. The van der Waals surface area contributed by atoms with E-state index in [1.54, 1.807) is 43.5 Å². The summed E-state index contributed by atoms with van der Waals surface area (Å²) in [5.74, 6) is 0.411. The molecular formula is C21H25BrN2O4. The normalized spacial score (nSPS) is 10.6. The average Bonchev–Trinajstić information content (AvgIpc) is 2.67. The van der Waals surface area contributed by atoms with Gasteiger partial charge in [0.25, 0.3) is 11.8 Å². The molecule has 7 heteroatoms. The van der Waals surface area contributed by atoms with Crippen LogP contribution in [0.3, 0.4) is 0 Å². The number of anilines is 1. The minimum absolute atomic E-state index is 0.189. The molecule has 0 aliphatic rings. The summed E-state index contributed by atoms with van der Waals surface area (Å²) in [6.07, 6.45) is 0. The number of nitrogens with one attached hydrogen (secondary N) is 2. The maximum atomic E-state index is 12.7. The molecule has 6 nitrogen and oxygen atoms in total. The molecule has 0 heterocycles. The zero-order valence-corrected chi connectivity index (χ0v) is 17.8. The Bertz CT molecular complexity index is 807. The van der Waals surface area contributed by atoms with E-state index >= 15 is 0 Å². The van der Waals surface area contributed by atoms with Crippen LogP contribution in [-0.2, 0) is 4.74 Å². The Morgan fingerprint density at radius 1 is 1.07 bits per heavy atom. The van der Waals surface area contributed by atoms with E-state index in [0.29, 0.717) is 48.2 Å². The van der Waals surface area contributed by atoms with Gasteiger partial charge in [-0.2, -0.15) is 0 Å². The molecule has 2 amide bonds. The van der Waals surface area contributed by atoms with Crippen molar-refractivity contribution in [3.8, 4) is 5.75 Å². The second-order valence-corrected chi connectivity index (χ2v) is 7.54. The Balaban J connectivity index is 2.06. The van der Waals surface area contributed by atoms with Crippen molar-refractivity contribution >= 4 is 33.4 Å². The van der Waals surface area contributed by atoms with Gasteiger partial charge in [0.2, 0.25) is 0 Å². The molecular weight excluding hydrogens is 424 g/mol. The first-order valence-corrected chi connectivity index (χ1v) is 9.81. The lowest BCUT2D eigenvalue weighted by Gasteiger charge is -2.14. The van der Waals surface area contributed by atoms with Crippen molar-refractivity contribution in [2.24, 2.45) is 5.92 Å². The average molecular weight is 449 g/mol. The molecule has 0 spiro atoms. The number of hydrogen-bond donors (Lipinski definition) is 2. The summed E-state index contributed by atoms with van der Waals surface area (Å²) in [5, 5.41) is 5.59. The molecule has 0 bridgehead atoms. The molecule has 0 aliphatic carbocycles. The molecule has 2 aromatic carbocycles. The monoisotopic (exact) mass is 448 g/mol. The first-order valence-electron chi connectivity index (χ1n) is 9.01. The molecule has 2 N–H and O–H groups in total. The quantitative estimate of drug-likeness (QED) is 0.565. The Labute approximate surface area is 173 Å². The molecule has 0 unspecified atom stereocenters. The van der Waals surface area contributed by atoms with Crippen molar-refractivity contribution in [2.75, 3.05) is 32.2 Å². The van der Waals surface area contributed by atoms with E-state index in [0.717, 1.165) is 4.47 Å². The van der Waals surface area contributed by atoms with Gasteiger partial charge in [-0.15, -0.1) is 0 Å². The van der Waals surface area contributed by atoms with E-state index in [1.807, 2.05) is 19.9 Å². The SMILES string of the molecule is COCCNC(=O)c1ccc(NC(=O)c2cc(Br)ccc2OCC(C)C)cc1. The highest BCUT2D eigenvalue weighted by Gasteiger charge is 2.15. The summed E-state index contributed by atoms with van der Waals surface area (Å²) in [6, 6.07) is 12.0. The third-order valence-electron chi connectivity index (χ3n) is 3.76. The Morgan fingerprint density at radius 2 is 1.79 bits per heavy atom. The maximum Gasteiger partial charge on any atom is 0.259 e. The van der Waals surface area contributed by atoms with E-state index in [-0.39, 0.29) is 11.8 Å². The fourth-order valence-electron chi connectivity index (χ4n) is 2.33. The minimum Gasteiger partial charge on any atom is -0.492 e. The molecule has 150 valence electrons. The van der Waals surface area contributed by atoms with Crippen LogP contribution in [0.15, 0.2) is 46.9 Å². The van der Waals surface area contributed by atoms with Crippen molar-refractivity contribution < 1.29 is 19.1 Å². The molecule has 2 rings (SSSR count). The van der Waals surface area contributed by atoms with Crippen LogP contribution in [0.1, 0.15) is 34.6 Å². The fraction of sp³-hybridized carbons (Fsp3) is 0.333. The van der Waals surface area contributed by atoms with E-state index < -0.39 is 0 Å². The number of hydrogen-bond acceptors (Lipinski definition) is 4. The van der Waals surface area contributed by atoms with Crippen LogP contribution in [0.2, 0.25) is 0 Å². The maximum absolute atomic E-state index is 12.7. The number of carbonyl (C=O) groups excluding carboxylic acids is 2. The lowest BCUT2D eigenvalue weighted by atomic mass is 10.1. The van der Waals surface area contributed by atoms with Crippen LogP contribution in [0.4, 0.5) is 5.69 Å². The first kappa shape index (κ1) is 21.9.